The number of aliphatic hydroxyl groups is 1. The summed E-state index contributed by atoms with van der Waals surface area (Å²) >= 11 is 1.39. The van der Waals surface area contributed by atoms with Gasteiger partial charge in [0, 0.05) is 16.0 Å². The molecule has 2 aromatic rings. The molecule has 0 atom stereocenters. The van der Waals surface area contributed by atoms with E-state index < -0.39 is 17.6 Å². The zero-order chi connectivity index (χ0) is 13.6. The summed E-state index contributed by atoms with van der Waals surface area (Å²) in [6.45, 7) is 0. The van der Waals surface area contributed by atoms with Crippen LogP contribution in [-0.2, 0) is 16.0 Å². The van der Waals surface area contributed by atoms with E-state index in [0.717, 1.165) is 15.0 Å². The van der Waals surface area contributed by atoms with Crippen molar-refractivity contribution >= 4 is 33.2 Å². The van der Waals surface area contributed by atoms with Crippen LogP contribution in [-0.4, -0.2) is 16.9 Å². The zero-order valence-electron chi connectivity index (χ0n) is 9.57. The van der Waals surface area contributed by atoms with Crippen molar-refractivity contribution in [3.8, 4) is 0 Å². The van der Waals surface area contributed by atoms with Crippen molar-refractivity contribution in [2.75, 3.05) is 0 Å². The number of rotatable bonds is 2. The van der Waals surface area contributed by atoms with Gasteiger partial charge in [0.15, 0.2) is 5.76 Å². The summed E-state index contributed by atoms with van der Waals surface area (Å²) < 4.78 is 14.0. The van der Waals surface area contributed by atoms with Crippen molar-refractivity contribution in [3.05, 3.63) is 46.3 Å². The van der Waals surface area contributed by atoms with Crippen LogP contribution < -0.4 is 5.32 Å². The maximum absolute atomic E-state index is 13.1. The van der Waals surface area contributed by atoms with E-state index in [4.69, 9.17) is 0 Å². The minimum Gasteiger partial charge on any atom is -0.503 e. The molecule has 4 nitrogen and oxygen atoms in total. The van der Waals surface area contributed by atoms with Crippen LogP contribution in [0.25, 0.3) is 10.1 Å². The molecule has 2 heterocycles. The van der Waals surface area contributed by atoms with Gasteiger partial charge < -0.3 is 5.11 Å². The molecular weight excluding hydrogens is 269 g/mol. The third-order valence-corrected chi connectivity index (χ3v) is 4.00. The van der Waals surface area contributed by atoms with Crippen LogP contribution in [0.1, 0.15) is 4.88 Å². The summed E-state index contributed by atoms with van der Waals surface area (Å²) in [5.74, 6) is -2.21. The number of imide groups is 1. The Hall–Kier alpha value is -2.21. The van der Waals surface area contributed by atoms with Gasteiger partial charge in [0.2, 0.25) is 0 Å². The predicted molar refractivity (Wildman–Crippen MR) is 68.3 cm³/mol. The summed E-state index contributed by atoms with van der Waals surface area (Å²) in [7, 11) is 0. The molecule has 0 aliphatic carbocycles. The number of hydrogen-bond donors (Lipinski definition) is 2. The molecule has 0 unspecified atom stereocenters. The van der Waals surface area contributed by atoms with Gasteiger partial charge >= 0.3 is 0 Å². The Bertz CT molecular complexity index is 747. The average Bonchev–Trinajstić information content (AvgIpc) is 2.85. The molecule has 2 amide bonds. The number of nitrogens with one attached hydrogen (secondary N) is 1. The third kappa shape index (κ3) is 2.00. The molecule has 1 aromatic heterocycles. The first-order chi connectivity index (χ1) is 9.04. The lowest BCUT2D eigenvalue weighted by molar-refractivity contribution is -0.125. The van der Waals surface area contributed by atoms with Crippen molar-refractivity contribution in [2.24, 2.45) is 0 Å². The van der Waals surface area contributed by atoms with Crippen molar-refractivity contribution < 1.29 is 19.1 Å². The molecule has 1 aliphatic rings. The standard InChI is InChI=1S/C13H8FNO3S/c14-7-1-2-10-6(3-7)4-8(19-10)5-9-11(16)13(18)15-12(9)17/h1-4H,5H2,(H2,15,16,17,18). The van der Waals surface area contributed by atoms with E-state index in [1.807, 2.05) is 5.32 Å². The van der Waals surface area contributed by atoms with E-state index in [1.54, 1.807) is 12.1 Å². The number of amides is 2. The molecule has 0 saturated carbocycles. The van der Waals surface area contributed by atoms with Gasteiger partial charge in [-0.25, -0.2) is 4.39 Å². The molecular formula is C13H8FNO3S. The Morgan fingerprint density at radius 2 is 2.00 bits per heavy atom. The molecule has 3 rings (SSSR count). The number of hydrogen-bond acceptors (Lipinski definition) is 4. The van der Waals surface area contributed by atoms with E-state index in [2.05, 4.69) is 0 Å². The fraction of sp³-hybridized carbons (Fsp3) is 0.0769. The molecule has 0 saturated heterocycles. The summed E-state index contributed by atoms with van der Waals surface area (Å²) in [4.78, 5) is 23.4. The molecule has 2 N–H and O–H groups in total. The fourth-order valence-corrected chi connectivity index (χ4v) is 3.03. The van der Waals surface area contributed by atoms with Gasteiger partial charge in [-0.3, -0.25) is 14.9 Å². The highest BCUT2D eigenvalue weighted by molar-refractivity contribution is 7.19. The minimum atomic E-state index is -0.771. The summed E-state index contributed by atoms with van der Waals surface area (Å²) in [6, 6.07) is 6.18. The Kier molecular flexibility index (Phi) is 2.60. The molecule has 1 aromatic carbocycles. The highest BCUT2D eigenvalue weighted by Gasteiger charge is 2.30. The predicted octanol–water partition coefficient (Wildman–Crippen LogP) is 2.05. The molecule has 0 spiro atoms. The van der Waals surface area contributed by atoms with Crippen LogP contribution in [0.15, 0.2) is 35.6 Å². The topological polar surface area (TPSA) is 66.4 Å². The zero-order valence-corrected chi connectivity index (χ0v) is 10.4. The Balaban J connectivity index is 1.98. The quantitative estimate of drug-likeness (QED) is 0.826. The number of halogens is 1. The normalized spacial score (nSPS) is 15.4. The van der Waals surface area contributed by atoms with Crippen molar-refractivity contribution in [1.82, 2.24) is 5.32 Å². The van der Waals surface area contributed by atoms with Gasteiger partial charge in [-0.1, -0.05) is 0 Å². The molecule has 19 heavy (non-hydrogen) atoms. The monoisotopic (exact) mass is 277 g/mol. The van der Waals surface area contributed by atoms with Gasteiger partial charge in [0.25, 0.3) is 11.8 Å². The summed E-state index contributed by atoms with van der Waals surface area (Å²) in [5.41, 5.74) is 0.0528. The van der Waals surface area contributed by atoms with Crippen LogP contribution in [0, 0.1) is 5.82 Å². The first kappa shape index (κ1) is 11.9. The van der Waals surface area contributed by atoms with Gasteiger partial charge in [-0.05, 0) is 29.7 Å². The first-order valence-corrected chi connectivity index (χ1v) is 6.32. The number of carbonyl (C=O) groups is 2. The Morgan fingerprint density at radius 1 is 1.21 bits per heavy atom. The lowest BCUT2D eigenvalue weighted by Crippen LogP contribution is -2.23. The molecule has 0 fully saturated rings. The molecule has 6 heteroatoms. The molecule has 1 aliphatic heterocycles. The molecule has 0 bridgehead atoms. The second kappa shape index (κ2) is 4.17. The maximum atomic E-state index is 13.1. The number of aliphatic hydroxyl groups excluding tert-OH is 1. The number of thiophene rings is 1. The second-order valence-electron chi connectivity index (χ2n) is 4.18. The van der Waals surface area contributed by atoms with Gasteiger partial charge in [-0.15, -0.1) is 11.3 Å². The van der Waals surface area contributed by atoms with Crippen LogP contribution in [0.5, 0.6) is 0 Å². The molecule has 96 valence electrons. The second-order valence-corrected chi connectivity index (χ2v) is 5.35. The SMILES string of the molecule is O=C1NC(=O)C(Cc2cc3cc(F)ccc3s2)=C1O. The van der Waals surface area contributed by atoms with Crippen molar-refractivity contribution in [3.63, 3.8) is 0 Å². The smallest absolute Gasteiger partial charge is 0.293 e. The third-order valence-electron chi connectivity index (χ3n) is 2.88. The van der Waals surface area contributed by atoms with E-state index in [1.165, 1.54) is 23.5 Å². The van der Waals surface area contributed by atoms with Crippen molar-refractivity contribution in [1.29, 1.82) is 0 Å². The number of benzene rings is 1. The van der Waals surface area contributed by atoms with Gasteiger partial charge in [0.1, 0.15) is 5.82 Å². The lowest BCUT2D eigenvalue weighted by atomic mass is 10.1. The maximum Gasteiger partial charge on any atom is 0.293 e. The highest BCUT2D eigenvalue weighted by Crippen LogP contribution is 2.29. The van der Waals surface area contributed by atoms with Gasteiger partial charge in [0.05, 0.1) is 5.57 Å². The van der Waals surface area contributed by atoms with Crippen LogP contribution in [0.2, 0.25) is 0 Å². The summed E-state index contributed by atoms with van der Waals surface area (Å²) in [6.07, 6.45) is 0.157. The van der Waals surface area contributed by atoms with E-state index >= 15 is 0 Å². The van der Waals surface area contributed by atoms with Crippen LogP contribution in [0.3, 0.4) is 0 Å². The molecule has 0 radical (unpaired) electrons. The lowest BCUT2D eigenvalue weighted by Gasteiger charge is -1.95. The largest absolute Gasteiger partial charge is 0.503 e. The average molecular weight is 277 g/mol. The van der Waals surface area contributed by atoms with Crippen molar-refractivity contribution in [2.45, 2.75) is 6.42 Å². The number of carbonyl (C=O) groups excluding carboxylic acids is 2. The van der Waals surface area contributed by atoms with E-state index in [9.17, 15) is 19.1 Å². The van der Waals surface area contributed by atoms with Crippen LogP contribution >= 0.6 is 11.3 Å². The van der Waals surface area contributed by atoms with E-state index in [0.29, 0.717) is 0 Å². The Labute approximate surface area is 111 Å². The highest BCUT2D eigenvalue weighted by atomic mass is 32.1. The minimum absolute atomic E-state index is 0.0528. The number of fused-ring (bicyclic) bond motifs is 1. The van der Waals surface area contributed by atoms with E-state index in [-0.39, 0.29) is 17.8 Å². The first-order valence-electron chi connectivity index (χ1n) is 5.50. The summed E-state index contributed by atoms with van der Waals surface area (Å²) in [5, 5.41) is 12.3. The van der Waals surface area contributed by atoms with Crippen LogP contribution in [0.4, 0.5) is 4.39 Å². The van der Waals surface area contributed by atoms with Gasteiger partial charge in [-0.2, -0.15) is 0 Å². The fourth-order valence-electron chi connectivity index (χ4n) is 1.98. The Morgan fingerprint density at radius 3 is 2.68 bits per heavy atom.